The number of fused-ring (bicyclic) bond motifs is 1. The van der Waals surface area contributed by atoms with E-state index in [1.165, 1.54) is 0 Å². The highest BCUT2D eigenvalue weighted by molar-refractivity contribution is 9.10. The molecular weight excluding hydrogens is 358 g/mol. The van der Waals surface area contributed by atoms with E-state index < -0.39 is 0 Å². The number of rotatable bonds is 4. The lowest BCUT2D eigenvalue weighted by Crippen LogP contribution is -2.20. The number of aliphatic hydroxyl groups excluding tert-OH is 1. The Hall–Kier alpha value is -2.18. The second-order valence-corrected chi connectivity index (χ2v) is 6.13. The van der Waals surface area contributed by atoms with Crippen LogP contribution in [0.4, 0.5) is 5.69 Å². The van der Waals surface area contributed by atoms with Crippen LogP contribution in [-0.4, -0.2) is 20.6 Å². The predicted octanol–water partition coefficient (Wildman–Crippen LogP) is 3.24. The Labute approximate surface area is 142 Å². The topological polar surface area (TPSA) is 67.2 Å². The molecule has 0 fully saturated rings. The second kappa shape index (κ2) is 6.52. The van der Waals surface area contributed by atoms with E-state index in [4.69, 9.17) is 0 Å². The van der Waals surface area contributed by atoms with E-state index >= 15 is 0 Å². The van der Waals surface area contributed by atoms with Crippen molar-refractivity contribution in [2.24, 2.45) is 0 Å². The highest BCUT2D eigenvalue weighted by Gasteiger charge is 2.13. The van der Waals surface area contributed by atoms with Gasteiger partial charge in [0.15, 0.2) is 0 Å². The van der Waals surface area contributed by atoms with Gasteiger partial charge in [-0.3, -0.25) is 4.79 Å². The van der Waals surface area contributed by atoms with Crippen molar-refractivity contribution >= 4 is 38.6 Å². The van der Waals surface area contributed by atoms with E-state index in [1.807, 2.05) is 49.4 Å². The van der Waals surface area contributed by atoms with Crippen LogP contribution in [0.15, 0.2) is 46.9 Å². The minimum atomic E-state index is -0.209. The van der Waals surface area contributed by atoms with E-state index in [1.54, 1.807) is 4.57 Å². The molecule has 1 amide bonds. The summed E-state index contributed by atoms with van der Waals surface area (Å²) in [4.78, 5) is 16.7. The molecule has 3 aromatic rings. The minimum Gasteiger partial charge on any atom is -0.388 e. The van der Waals surface area contributed by atoms with Gasteiger partial charge in [-0.05, 0) is 42.8 Å². The van der Waals surface area contributed by atoms with Gasteiger partial charge in [-0.2, -0.15) is 0 Å². The molecule has 0 saturated heterocycles. The maximum absolute atomic E-state index is 12.3. The van der Waals surface area contributed by atoms with Crippen LogP contribution in [0.5, 0.6) is 0 Å². The van der Waals surface area contributed by atoms with E-state index in [-0.39, 0.29) is 19.1 Å². The average Bonchev–Trinajstić information content (AvgIpc) is 2.89. The Morgan fingerprint density at radius 2 is 2.09 bits per heavy atom. The number of hydrogen-bond donors (Lipinski definition) is 2. The summed E-state index contributed by atoms with van der Waals surface area (Å²) in [6, 6.07) is 13.2. The van der Waals surface area contributed by atoms with E-state index in [2.05, 4.69) is 26.2 Å². The molecule has 3 rings (SSSR count). The zero-order valence-electron chi connectivity index (χ0n) is 12.6. The summed E-state index contributed by atoms with van der Waals surface area (Å²) in [5.74, 6) is 0.318. The van der Waals surface area contributed by atoms with Crippen molar-refractivity contribution in [2.45, 2.75) is 20.1 Å². The molecule has 1 aromatic heterocycles. The summed E-state index contributed by atoms with van der Waals surface area (Å²) in [5.41, 5.74) is 3.39. The van der Waals surface area contributed by atoms with Crippen LogP contribution in [0, 0.1) is 6.92 Å². The summed E-state index contributed by atoms with van der Waals surface area (Å²) >= 11 is 3.44. The first-order chi connectivity index (χ1) is 11.1. The highest BCUT2D eigenvalue weighted by Crippen LogP contribution is 2.20. The van der Waals surface area contributed by atoms with Gasteiger partial charge in [0.25, 0.3) is 0 Å². The first-order valence-corrected chi connectivity index (χ1v) is 7.99. The molecule has 5 nitrogen and oxygen atoms in total. The number of imidazole rings is 1. The normalized spacial score (nSPS) is 10.9. The molecule has 0 saturated carbocycles. The number of amides is 1. The van der Waals surface area contributed by atoms with Crippen molar-refractivity contribution in [2.75, 3.05) is 5.32 Å². The third-order valence-electron chi connectivity index (χ3n) is 3.62. The molecule has 0 aliphatic carbocycles. The summed E-state index contributed by atoms with van der Waals surface area (Å²) in [6.45, 7) is 1.86. The molecule has 0 bridgehead atoms. The number of carbonyl (C=O) groups excluding carboxylic acids is 1. The third kappa shape index (κ3) is 3.28. The van der Waals surface area contributed by atoms with Crippen LogP contribution in [-0.2, 0) is 17.9 Å². The molecule has 1 heterocycles. The van der Waals surface area contributed by atoms with Crippen molar-refractivity contribution in [1.29, 1.82) is 0 Å². The van der Waals surface area contributed by atoms with Gasteiger partial charge >= 0.3 is 0 Å². The Bertz CT molecular complexity index is 873. The number of aliphatic hydroxyl groups is 1. The number of nitrogens with one attached hydrogen (secondary N) is 1. The van der Waals surface area contributed by atoms with E-state index in [0.29, 0.717) is 5.82 Å². The highest BCUT2D eigenvalue weighted by atomic mass is 79.9. The van der Waals surface area contributed by atoms with Gasteiger partial charge in [0.2, 0.25) is 5.91 Å². The number of aryl methyl sites for hydroxylation is 1. The number of anilines is 1. The summed E-state index contributed by atoms with van der Waals surface area (Å²) in [6.07, 6.45) is 0. The predicted molar refractivity (Wildman–Crippen MR) is 93.2 cm³/mol. The van der Waals surface area contributed by atoms with Gasteiger partial charge < -0.3 is 15.0 Å². The molecule has 0 radical (unpaired) electrons. The molecule has 0 aliphatic rings. The molecular formula is C17H16BrN3O2. The molecule has 6 heteroatoms. The Balaban J connectivity index is 1.83. The average molecular weight is 374 g/mol. The molecule has 0 atom stereocenters. The van der Waals surface area contributed by atoms with Crippen LogP contribution in [0.1, 0.15) is 11.4 Å². The zero-order chi connectivity index (χ0) is 16.4. The van der Waals surface area contributed by atoms with Gasteiger partial charge in [0.1, 0.15) is 19.0 Å². The summed E-state index contributed by atoms with van der Waals surface area (Å²) in [5, 5.41) is 12.3. The Kier molecular flexibility index (Phi) is 4.45. The first-order valence-electron chi connectivity index (χ1n) is 7.19. The van der Waals surface area contributed by atoms with Crippen molar-refractivity contribution in [1.82, 2.24) is 9.55 Å². The fourth-order valence-electron chi connectivity index (χ4n) is 2.49. The van der Waals surface area contributed by atoms with Crippen LogP contribution >= 0.6 is 15.9 Å². The molecule has 118 valence electrons. The smallest absolute Gasteiger partial charge is 0.244 e. The van der Waals surface area contributed by atoms with Crippen molar-refractivity contribution in [3.63, 3.8) is 0 Å². The molecule has 23 heavy (non-hydrogen) atoms. The van der Waals surface area contributed by atoms with E-state index in [0.717, 1.165) is 26.8 Å². The lowest BCUT2D eigenvalue weighted by Gasteiger charge is -2.10. The fourth-order valence-corrected chi connectivity index (χ4v) is 2.74. The molecule has 0 spiro atoms. The van der Waals surface area contributed by atoms with Gasteiger partial charge in [-0.25, -0.2) is 4.98 Å². The van der Waals surface area contributed by atoms with Crippen LogP contribution < -0.4 is 5.32 Å². The lowest BCUT2D eigenvalue weighted by molar-refractivity contribution is -0.116. The molecule has 0 unspecified atom stereocenters. The Morgan fingerprint density at radius 3 is 2.83 bits per heavy atom. The minimum absolute atomic E-state index is 0.103. The number of nitrogens with zero attached hydrogens (tertiary/aromatic N) is 2. The first kappa shape index (κ1) is 15.7. The number of carbonyl (C=O) groups is 1. The maximum Gasteiger partial charge on any atom is 0.244 e. The van der Waals surface area contributed by atoms with Crippen molar-refractivity contribution < 1.29 is 9.90 Å². The molecule has 0 aliphatic heterocycles. The number of para-hydroxylation sites is 2. The third-order valence-corrected chi connectivity index (χ3v) is 4.51. The Morgan fingerprint density at radius 1 is 1.30 bits per heavy atom. The van der Waals surface area contributed by atoms with Gasteiger partial charge in [0.05, 0.1) is 11.0 Å². The van der Waals surface area contributed by atoms with E-state index in [9.17, 15) is 9.90 Å². The van der Waals surface area contributed by atoms with Crippen molar-refractivity contribution in [3.05, 3.63) is 58.3 Å². The number of benzene rings is 2. The van der Waals surface area contributed by atoms with Gasteiger partial charge in [-0.15, -0.1) is 0 Å². The van der Waals surface area contributed by atoms with Gasteiger partial charge in [0, 0.05) is 10.2 Å². The number of hydrogen-bond acceptors (Lipinski definition) is 3. The van der Waals surface area contributed by atoms with Crippen LogP contribution in [0.3, 0.4) is 0 Å². The lowest BCUT2D eigenvalue weighted by atomic mass is 10.2. The summed E-state index contributed by atoms with van der Waals surface area (Å²) < 4.78 is 2.73. The quantitative estimate of drug-likeness (QED) is 0.737. The summed E-state index contributed by atoms with van der Waals surface area (Å²) in [7, 11) is 0. The molecule has 2 N–H and O–H groups in total. The SMILES string of the molecule is Cc1cc(NC(=O)Cn2c(CO)nc3ccccc32)ccc1Br. The molecule has 2 aromatic carbocycles. The van der Waals surface area contributed by atoms with Gasteiger partial charge in [-0.1, -0.05) is 28.1 Å². The number of halogens is 1. The number of aromatic nitrogens is 2. The largest absolute Gasteiger partial charge is 0.388 e. The van der Waals surface area contributed by atoms with Crippen LogP contribution in [0.2, 0.25) is 0 Å². The van der Waals surface area contributed by atoms with Crippen LogP contribution in [0.25, 0.3) is 11.0 Å². The monoisotopic (exact) mass is 373 g/mol. The fraction of sp³-hybridized carbons (Fsp3) is 0.176. The standard InChI is InChI=1S/C17H16BrN3O2/c1-11-8-12(6-7-13(11)18)19-17(23)9-21-15-5-3-2-4-14(15)20-16(21)10-22/h2-8,22H,9-10H2,1H3,(H,19,23). The second-order valence-electron chi connectivity index (χ2n) is 5.27. The zero-order valence-corrected chi connectivity index (χ0v) is 14.2. The van der Waals surface area contributed by atoms with Crippen molar-refractivity contribution in [3.8, 4) is 0 Å². The maximum atomic E-state index is 12.3.